The third-order valence-corrected chi connectivity index (χ3v) is 5.03. The maximum Gasteiger partial charge on any atom is 0.306 e. The average molecular weight is 350 g/mol. The average Bonchev–Trinajstić information content (AvgIpc) is 2.61. The Morgan fingerprint density at radius 2 is 1.58 bits per heavy atom. The van der Waals surface area contributed by atoms with Crippen LogP contribution in [0.1, 0.15) is 43.4 Å². The summed E-state index contributed by atoms with van der Waals surface area (Å²) in [5.41, 5.74) is 2.86. The van der Waals surface area contributed by atoms with Gasteiger partial charge in [-0.15, -0.1) is 0 Å². The Labute approximate surface area is 155 Å². The summed E-state index contributed by atoms with van der Waals surface area (Å²) in [6.45, 7) is 4.21. The van der Waals surface area contributed by atoms with Crippen LogP contribution in [0, 0.1) is 11.3 Å². The summed E-state index contributed by atoms with van der Waals surface area (Å²) in [7, 11) is 0. The number of carbonyl (C=O) groups is 2. The largest absolute Gasteiger partial charge is 0.461 e. The summed E-state index contributed by atoms with van der Waals surface area (Å²) >= 11 is 0. The number of ether oxygens (including phenoxy) is 1. The van der Waals surface area contributed by atoms with Gasteiger partial charge in [0.1, 0.15) is 12.4 Å². The molecule has 0 spiro atoms. The third-order valence-electron chi connectivity index (χ3n) is 5.03. The van der Waals surface area contributed by atoms with Gasteiger partial charge in [-0.05, 0) is 34.9 Å². The highest BCUT2D eigenvalue weighted by Crippen LogP contribution is 2.31. The van der Waals surface area contributed by atoms with Gasteiger partial charge >= 0.3 is 5.97 Å². The van der Waals surface area contributed by atoms with E-state index in [1.807, 2.05) is 56.3 Å². The van der Waals surface area contributed by atoms with Crippen molar-refractivity contribution in [1.82, 2.24) is 0 Å². The van der Waals surface area contributed by atoms with Crippen LogP contribution in [-0.4, -0.2) is 11.8 Å². The first-order valence-corrected chi connectivity index (χ1v) is 9.22. The molecule has 1 aliphatic rings. The van der Waals surface area contributed by atoms with Crippen LogP contribution in [0.3, 0.4) is 0 Å². The molecule has 0 amide bonds. The highest BCUT2D eigenvalue weighted by molar-refractivity contribution is 5.83. The minimum atomic E-state index is -0.389. The van der Waals surface area contributed by atoms with Crippen LogP contribution >= 0.6 is 0 Å². The summed E-state index contributed by atoms with van der Waals surface area (Å²) in [6, 6.07) is 18.1. The Bertz CT molecular complexity index is 777. The number of hydrogen-bond acceptors (Lipinski definition) is 3. The van der Waals surface area contributed by atoms with Gasteiger partial charge in [0.15, 0.2) is 0 Å². The minimum Gasteiger partial charge on any atom is -0.461 e. The summed E-state index contributed by atoms with van der Waals surface area (Å²) in [6.07, 6.45) is 2.05. The second-order valence-electron chi connectivity index (χ2n) is 8.00. The summed E-state index contributed by atoms with van der Waals surface area (Å²) < 4.78 is 5.47. The molecule has 2 aromatic carbocycles. The Balaban J connectivity index is 1.93. The lowest BCUT2D eigenvalue weighted by Crippen LogP contribution is -2.27. The molecule has 0 radical (unpaired) electrons. The van der Waals surface area contributed by atoms with Crippen molar-refractivity contribution in [2.24, 2.45) is 11.3 Å². The number of carbonyl (C=O) groups excluding carboxylic acids is 2. The fourth-order valence-electron chi connectivity index (χ4n) is 3.64. The first kappa shape index (κ1) is 18.4. The van der Waals surface area contributed by atoms with Gasteiger partial charge in [-0.1, -0.05) is 68.4 Å². The van der Waals surface area contributed by atoms with Gasteiger partial charge in [0.2, 0.25) is 0 Å². The molecule has 136 valence electrons. The molecular weight excluding hydrogens is 324 g/mol. The molecule has 2 aromatic rings. The van der Waals surface area contributed by atoms with Crippen molar-refractivity contribution in [3.8, 4) is 0 Å². The van der Waals surface area contributed by atoms with Crippen molar-refractivity contribution in [1.29, 1.82) is 0 Å². The van der Waals surface area contributed by atoms with E-state index in [1.54, 1.807) is 0 Å². The molecule has 1 unspecified atom stereocenters. The first-order valence-electron chi connectivity index (χ1n) is 9.22. The maximum absolute atomic E-state index is 13.1. The van der Waals surface area contributed by atoms with Crippen LogP contribution in [0.15, 0.2) is 54.6 Å². The number of cyclic esters (lactones) is 1. The lowest BCUT2D eigenvalue weighted by atomic mass is 9.78. The molecule has 0 aliphatic carbocycles. The van der Waals surface area contributed by atoms with Crippen molar-refractivity contribution in [2.75, 3.05) is 0 Å². The van der Waals surface area contributed by atoms with Gasteiger partial charge in [-0.2, -0.15) is 0 Å². The normalized spacial score (nSPS) is 20.6. The molecule has 3 heteroatoms. The van der Waals surface area contributed by atoms with Crippen molar-refractivity contribution >= 4 is 11.8 Å². The van der Waals surface area contributed by atoms with Crippen molar-refractivity contribution in [3.05, 3.63) is 71.3 Å². The molecule has 0 saturated heterocycles. The van der Waals surface area contributed by atoms with Crippen LogP contribution < -0.4 is 0 Å². The zero-order valence-corrected chi connectivity index (χ0v) is 15.5. The summed E-state index contributed by atoms with van der Waals surface area (Å²) in [5, 5.41) is 0. The predicted octanol–water partition coefficient (Wildman–Crippen LogP) is 4.52. The second kappa shape index (κ2) is 7.86. The van der Waals surface area contributed by atoms with Gasteiger partial charge in [-0.25, -0.2) is 0 Å². The lowest BCUT2D eigenvalue weighted by molar-refractivity contribution is -0.147. The maximum atomic E-state index is 13.1. The number of hydrogen-bond donors (Lipinski definition) is 0. The molecular formula is C23H26O3. The number of benzene rings is 2. The van der Waals surface area contributed by atoms with Gasteiger partial charge in [0, 0.05) is 12.3 Å². The first-order chi connectivity index (χ1) is 12.4. The molecule has 0 fully saturated rings. The number of ketones is 1. The zero-order chi connectivity index (χ0) is 18.6. The summed E-state index contributed by atoms with van der Waals surface area (Å²) in [4.78, 5) is 25.3. The van der Waals surface area contributed by atoms with Gasteiger partial charge in [0.05, 0.1) is 6.42 Å². The van der Waals surface area contributed by atoms with E-state index in [-0.39, 0.29) is 36.1 Å². The van der Waals surface area contributed by atoms with Crippen LogP contribution in [0.2, 0.25) is 0 Å². The van der Waals surface area contributed by atoms with Gasteiger partial charge < -0.3 is 4.74 Å². The van der Waals surface area contributed by atoms with E-state index in [4.69, 9.17) is 4.74 Å². The fraction of sp³-hybridized carbons (Fsp3) is 0.391. The summed E-state index contributed by atoms with van der Waals surface area (Å²) in [5.74, 6) is -0.103. The number of esters is 1. The van der Waals surface area contributed by atoms with E-state index in [2.05, 4.69) is 12.1 Å². The number of rotatable bonds is 2. The Kier molecular flexibility index (Phi) is 5.55. The van der Waals surface area contributed by atoms with E-state index >= 15 is 0 Å². The van der Waals surface area contributed by atoms with E-state index in [0.29, 0.717) is 12.8 Å². The van der Waals surface area contributed by atoms with Crippen molar-refractivity contribution in [2.45, 2.75) is 46.1 Å². The Morgan fingerprint density at radius 1 is 0.923 bits per heavy atom. The smallest absolute Gasteiger partial charge is 0.306 e. The van der Waals surface area contributed by atoms with Crippen LogP contribution in [0.5, 0.6) is 0 Å². The quantitative estimate of drug-likeness (QED) is 0.748. The minimum absolute atomic E-state index is 0.0916. The van der Waals surface area contributed by atoms with Crippen molar-refractivity contribution in [3.63, 3.8) is 0 Å². The highest BCUT2D eigenvalue weighted by Gasteiger charge is 2.31. The fourth-order valence-corrected chi connectivity index (χ4v) is 3.64. The topological polar surface area (TPSA) is 43.4 Å². The zero-order valence-electron chi connectivity index (χ0n) is 15.5. The molecule has 0 aromatic heterocycles. The number of fused-ring (bicyclic) bond motifs is 1. The molecule has 1 aliphatic heterocycles. The predicted molar refractivity (Wildman–Crippen MR) is 102 cm³/mol. The monoisotopic (exact) mass is 350 g/mol. The molecule has 26 heavy (non-hydrogen) atoms. The van der Waals surface area contributed by atoms with E-state index in [9.17, 15) is 9.59 Å². The molecule has 0 N–H and O–H groups in total. The Hall–Kier alpha value is -2.42. The molecule has 3 nitrogen and oxygen atoms in total. The molecule has 1 atom stereocenters. The molecule has 1 heterocycles. The standard InChI is InChI=1S/C23H26O3/c1-23(2)14-21(24)20(12-17-8-4-3-5-9-17)13-18-10-6-7-11-19(18)16-26-22(25)15-23/h3-11,20H,12-16H2,1-2H3. The molecule has 0 bridgehead atoms. The van der Waals surface area contributed by atoms with Crippen LogP contribution in [0.25, 0.3) is 0 Å². The van der Waals surface area contributed by atoms with Gasteiger partial charge in [0.25, 0.3) is 0 Å². The van der Waals surface area contributed by atoms with E-state index in [0.717, 1.165) is 17.5 Å². The van der Waals surface area contributed by atoms with Crippen molar-refractivity contribution < 1.29 is 14.3 Å². The highest BCUT2D eigenvalue weighted by atomic mass is 16.5. The van der Waals surface area contributed by atoms with Crippen LogP contribution in [0.4, 0.5) is 0 Å². The molecule has 3 rings (SSSR count). The van der Waals surface area contributed by atoms with Gasteiger partial charge in [-0.3, -0.25) is 9.59 Å². The van der Waals surface area contributed by atoms with E-state index in [1.165, 1.54) is 5.56 Å². The SMILES string of the molecule is CC1(C)CC(=O)OCc2ccccc2CC(Cc2ccccc2)C(=O)C1. The third kappa shape index (κ3) is 4.81. The Morgan fingerprint density at radius 3 is 2.31 bits per heavy atom. The molecule has 0 saturated carbocycles. The second-order valence-corrected chi connectivity index (χ2v) is 8.00. The van der Waals surface area contributed by atoms with E-state index < -0.39 is 0 Å². The lowest BCUT2D eigenvalue weighted by Gasteiger charge is -2.25. The number of Topliss-reactive ketones (excluding diaryl/α,β-unsaturated/α-hetero) is 1. The van der Waals surface area contributed by atoms with Crippen LogP contribution in [-0.2, 0) is 33.8 Å².